The van der Waals surface area contributed by atoms with Gasteiger partial charge in [-0.05, 0) is 30.5 Å². The van der Waals surface area contributed by atoms with E-state index in [1.54, 1.807) is 25.3 Å². The van der Waals surface area contributed by atoms with Gasteiger partial charge in [0.1, 0.15) is 17.1 Å². The van der Waals surface area contributed by atoms with Crippen LogP contribution < -0.4 is 14.8 Å². The molecule has 2 aromatic carbocycles. The largest absolute Gasteiger partial charge is 0.497 e. The third-order valence-corrected chi connectivity index (χ3v) is 6.78. The molecule has 3 aliphatic rings. The van der Waals surface area contributed by atoms with E-state index in [9.17, 15) is 9.59 Å². The maximum absolute atomic E-state index is 13.4. The van der Waals surface area contributed by atoms with Crippen LogP contribution in [0.3, 0.4) is 0 Å². The first-order valence-corrected chi connectivity index (χ1v) is 10.6. The highest BCUT2D eigenvalue weighted by molar-refractivity contribution is 5.97. The van der Waals surface area contributed by atoms with Crippen LogP contribution in [0.25, 0.3) is 0 Å². The number of benzene rings is 2. The van der Waals surface area contributed by atoms with Gasteiger partial charge in [-0.15, -0.1) is 0 Å². The first-order chi connectivity index (χ1) is 14.6. The maximum Gasteiger partial charge on any atom is 0.255 e. The van der Waals surface area contributed by atoms with Crippen molar-refractivity contribution in [3.05, 3.63) is 59.7 Å². The van der Waals surface area contributed by atoms with Crippen molar-refractivity contribution in [1.29, 1.82) is 0 Å². The summed E-state index contributed by atoms with van der Waals surface area (Å²) in [7, 11) is 1.60. The van der Waals surface area contributed by atoms with Crippen LogP contribution in [0, 0.1) is 0 Å². The monoisotopic (exact) mass is 406 g/mol. The van der Waals surface area contributed by atoms with Crippen LogP contribution in [-0.2, 0) is 10.2 Å². The van der Waals surface area contributed by atoms with Crippen LogP contribution in [0.1, 0.15) is 41.6 Å². The molecule has 0 radical (unpaired) electrons. The number of carbonyl (C=O) groups excluding carboxylic acids is 2. The van der Waals surface area contributed by atoms with Gasteiger partial charge in [0, 0.05) is 32.0 Å². The Bertz CT molecular complexity index is 976. The number of likely N-dealkylation sites (tertiary alicyclic amines) is 1. The number of fused-ring (bicyclic) bond motifs is 1. The molecule has 0 aromatic heterocycles. The summed E-state index contributed by atoms with van der Waals surface area (Å²) in [4.78, 5) is 27.8. The summed E-state index contributed by atoms with van der Waals surface area (Å²) in [6, 6.07) is 15.4. The summed E-state index contributed by atoms with van der Waals surface area (Å²) in [6.07, 6.45) is 3.19. The molecule has 2 fully saturated rings. The zero-order valence-electron chi connectivity index (χ0n) is 17.1. The Morgan fingerprint density at radius 2 is 1.80 bits per heavy atom. The van der Waals surface area contributed by atoms with Crippen molar-refractivity contribution in [1.82, 2.24) is 10.2 Å². The second kappa shape index (κ2) is 7.04. The number of piperidine rings is 1. The smallest absolute Gasteiger partial charge is 0.255 e. The van der Waals surface area contributed by atoms with E-state index in [1.807, 2.05) is 23.1 Å². The molecule has 2 aliphatic heterocycles. The van der Waals surface area contributed by atoms with Crippen LogP contribution in [-0.4, -0.2) is 49.1 Å². The lowest BCUT2D eigenvalue weighted by Crippen LogP contribution is -2.55. The van der Waals surface area contributed by atoms with Gasteiger partial charge in [-0.25, -0.2) is 0 Å². The summed E-state index contributed by atoms with van der Waals surface area (Å²) >= 11 is 0. The third kappa shape index (κ3) is 3.11. The van der Waals surface area contributed by atoms with Crippen LogP contribution in [0.5, 0.6) is 11.5 Å². The van der Waals surface area contributed by atoms with E-state index < -0.39 is 5.60 Å². The molecule has 2 aromatic rings. The lowest BCUT2D eigenvalue weighted by atomic mass is 9.88. The number of nitrogens with zero attached hydrogens (tertiary/aromatic N) is 1. The van der Waals surface area contributed by atoms with Gasteiger partial charge < -0.3 is 19.7 Å². The van der Waals surface area contributed by atoms with E-state index in [4.69, 9.17) is 9.47 Å². The zero-order valence-corrected chi connectivity index (χ0v) is 17.1. The van der Waals surface area contributed by atoms with Crippen molar-refractivity contribution >= 4 is 11.8 Å². The number of amides is 2. The molecule has 156 valence electrons. The summed E-state index contributed by atoms with van der Waals surface area (Å²) in [6.45, 7) is 1.69. The minimum Gasteiger partial charge on any atom is -0.497 e. The lowest BCUT2D eigenvalue weighted by Gasteiger charge is -2.42. The number of ether oxygens (including phenoxy) is 2. The van der Waals surface area contributed by atoms with Gasteiger partial charge in [-0.1, -0.05) is 30.3 Å². The van der Waals surface area contributed by atoms with Crippen molar-refractivity contribution in [3.8, 4) is 11.5 Å². The van der Waals surface area contributed by atoms with Gasteiger partial charge in [0.15, 0.2) is 0 Å². The van der Waals surface area contributed by atoms with Gasteiger partial charge in [0.25, 0.3) is 5.91 Å². The second-order valence-electron chi connectivity index (χ2n) is 8.57. The molecule has 0 atom stereocenters. The summed E-state index contributed by atoms with van der Waals surface area (Å²) in [5.41, 5.74) is 0.791. The highest BCUT2D eigenvalue weighted by atomic mass is 16.5. The number of nitrogens with one attached hydrogen (secondary N) is 1. The average Bonchev–Trinajstić information content (AvgIpc) is 3.61. The minimum atomic E-state index is -0.506. The molecule has 0 unspecified atom stereocenters. The van der Waals surface area contributed by atoms with Crippen LogP contribution in [0.2, 0.25) is 0 Å². The topological polar surface area (TPSA) is 67.9 Å². The molecule has 0 bridgehead atoms. The number of methoxy groups -OCH3 is 1. The van der Waals surface area contributed by atoms with Gasteiger partial charge in [0.2, 0.25) is 5.91 Å². The molecule has 6 heteroatoms. The highest BCUT2D eigenvalue weighted by Gasteiger charge is 2.54. The van der Waals surface area contributed by atoms with Gasteiger partial charge >= 0.3 is 0 Å². The highest BCUT2D eigenvalue weighted by Crippen LogP contribution is 2.50. The standard InChI is InChI=1S/C24H26N2O4/c1-29-18-7-8-19-20(15-18)30-23(16-25-21(19)27)11-13-26(14-12-23)22(28)24(9-10-24)17-5-3-2-4-6-17/h2-8,15H,9-14,16H2,1H3,(H,25,27). The Balaban J connectivity index is 1.33. The van der Waals surface area contributed by atoms with Crippen LogP contribution in [0.15, 0.2) is 48.5 Å². The maximum atomic E-state index is 13.4. The molecule has 1 aliphatic carbocycles. The molecule has 30 heavy (non-hydrogen) atoms. The van der Waals surface area contributed by atoms with Crippen molar-refractivity contribution in [2.75, 3.05) is 26.7 Å². The molecular formula is C24H26N2O4. The van der Waals surface area contributed by atoms with Crippen molar-refractivity contribution in [2.45, 2.75) is 36.7 Å². The third-order valence-electron chi connectivity index (χ3n) is 6.78. The van der Waals surface area contributed by atoms with E-state index in [0.29, 0.717) is 49.5 Å². The summed E-state index contributed by atoms with van der Waals surface area (Å²) < 4.78 is 11.7. The van der Waals surface area contributed by atoms with E-state index in [1.165, 1.54) is 0 Å². The number of rotatable bonds is 3. The van der Waals surface area contributed by atoms with Gasteiger partial charge in [-0.3, -0.25) is 9.59 Å². The predicted molar refractivity (Wildman–Crippen MR) is 112 cm³/mol. The Morgan fingerprint density at radius 1 is 1.07 bits per heavy atom. The van der Waals surface area contributed by atoms with Gasteiger partial charge in [0.05, 0.1) is 24.6 Å². The quantitative estimate of drug-likeness (QED) is 0.851. The van der Waals surface area contributed by atoms with Crippen LogP contribution in [0.4, 0.5) is 0 Å². The fraction of sp³-hybridized carbons (Fsp3) is 0.417. The normalized spacial score (nSPS) is 21.1. The van der Waals surface area contributed by atoms with E-state index in [0.717, 1.165) is 18.4 Å². The summed E-state index contributed by atoms with van der Waals surface area (Å²) in [5, 5.41) is 3.00. The second-order valence-corrected chi connectivity index (χ2v) is 8.57. The number of hydrogen-bond donors (Lipinski definition) is 1. The molecule has 2 amide bonds. The fourth-order valence-electron chi connectivity index (χ4n) is 4.71. The first-order valence-electron chi connectivity index (χ1n) is 10.6. The zero-order chi connectivity index (χ0) is 20.8. The average molecular weight is 406 g/mol. The molecular weight excluding hydrogens is 380 g/mol. The van der Waals surface area contributed by atoms with Gasteiger partial charge in [-0.2, -0.15) is 0 Å². The molecule has 1 N–H and O–H groups in total. The molecule has 5 rings (SSSR count). The Kier molecular flexibility index (Phi) is 4.45. The molecule has 2 heterocycles. The van der Waals surface area contributed by atoms with E-state index in [-0.39, 0.29) is 17.2 Å². The number of hydrogen-bond acceptors (Lipinski definition) is 4. The lowest BCUT2D eigenvalue weighted by molar-refractivity contribution is -0.137. The predicted octanol–water partition coefficient (Wildman–Crippen LogP) is 2.91. The summed E-state index contributed by atoms with van der Waals surface area (Å²) in [5.74, 6) is 1.30. The Morgan fingerprint density at radius 3 is 2.47 bits per heavy atom. The number of carbonyl (C=O) groups is 2. The van der Waals surface area contributed by atoms with Crippen LogP contribution >= 0.6 is 0 Å². The Labute approximate surface area is 176 Å². The van der Waals surface area contributed by atoms with E-state index in [2.05, 4.69) is 17.4 Å². The first kappa shape index (κ1) is 19.0. The molecule has 1 saturated carbocycles. The molecule has 1 saturated heterocycles. The minimum absolute atomic E-state index is 0.135. The van der Waals surface area contributed by atoms with Crippen molar-refractivity contribution in [3.63, 3.8) is 0 Å². The SMILES string of the molecule is COc1ccc2c(c1)OC1(CCN(C(=O)C3(c4ccccc4)CC3)CC1)CNC2=O. The van der Waals surface area contributed by atoms with Crippen molar-refractivity contribution in [2.24, 2.45) is 0 Å². The fourth-order valence-corrected chi connectivity index (χ4v) is 4.71. The molecule has 6 nitrogen and oxygen atoms in total. The van der Waals surface area contributed by atoms with Crippen molar-refractivity contribution < 1.29 is 19.1 Å². The Hall–Kier alpha value is -3.02. The van der Waals surface area contributed by atoms with E-state index >= 15 is 0 Å². The molecule has 1 spiro atoms.